The zero-order valence-corrected chi connectivity index (χ0v) is 10.2. The van der Waals surface area contributed by atoms with E-state index in [9.17, 15) is 0 Å². The molecule has 0 aliphatic carbocycles. The Labute approximate surface area is 89.2 Å². The first-order chi connectivity index (χ1) is 6.81. The second-order valence-corrected chi connectivity index (χ2v) is 4.23. The van der Waals surface area contributed by atoms with Crippen LogP contribution in [-0.2, 0) is 0 Å². The molecule has 1 heteroatoms. The summed E-state index contributed by atoms with van der Waals surface area (Å²) in [6, 6.07) is 1.75. The number of allylic oxidation sites excluding steroid dienone is 1. The molecule has 0 radical (unpaired) electrons. The maximum atomic E-state index is 2.59. The Morgan fingerprint density at radius 3 is 2.14 bits per heavy atom. The fourth-order valence-corrected chi connectivity index (χ4v) is 2.73. The molecule has 2 rings (SSSR count). The number of nitrogens with zero attached hydrogens (tertiary/aromatic N) is 1. The molecule has 82 valence electrons. The van der Waals surface area contributed by atoms with E-state index in [0.29, 0.717) is 0 Å². The van der Waals surface area contributed by atoms with Crippen molar-refractivity contribution in [1.29, 1.82) is 0 Å². The number of hydrogen-bond donors (Lipinski definition) is 0. The van der Waals surface area contributed by atoms with Gasteiger partial charge in [0.25, 0.3) is 0 Å². The Morgan fingerprint density at radius 1 is 1.21 bits per heavy atom. The van der Waals surface area contributed by atoms with Crippen LogP contribution in [0.3, 0.4) is 0 Å². The molecule has 2 bridgehead atoms. The van der Waals surface area contributed by atoms with E-state index in [2.05, 4.69) is 24.9 Å². The molecule has 2 unspecified atom stereocenters. The zero-order chi connectivity index (χ0) is 10.6. The number of piperidine rings is 1. The number of hydrogen-bond acceptors (Lipinski definition) is 1. The molecule has 2 aliphatic rings. The lowest BCUT2D eigenvalue weighted by Gasteiger charge is -2.32. The number of fused-ring (bicyclic) bond motifs is 2. The van der Waals surface area contributed by atoms with E-state index < -0.39 is 0 Å². The highest BCUT2D eigenvalue weighted by Gasteiger charge is 2.35. The fourth-order valence-electron chi connectivity index (χ4n) is 2.73. The predicted molar refractivity (Wildman–Crippen MR) is 63.5 cm³/mol. The average molecular weight is 195 g/mol. The van der Waals surface area contributed by atoms with Gasteiger partial charge in [-0.25, -0.2) is 0 Å². The second kappa shape index (κ2) is 5.55. The van der Waals surface area contributed by atoms with Crippen molar-refractivity contribution < 1.29 is 0 Å². The quantitative estimate of drug-likeness (QED) is 0.578. The van der Waals surface area contributed by atoms with Crippen molar-refractivity contribution in [3.05, 3.63) is 11.6 Å². The highest BCUT2D eigenvalue weighted by molar-refractivity contribution is 5.13. The molecule has 2 saturated heterocycles. The minimum absolute atomic E-state index is 0.876. The Bertz CT molecular complexity index is 179. The van der Waals surface area contributed by atoms with Crippen molar-refractivity contribution in [3.8, 4) is 0 Å². The summed E-state index contributed by atoms with van der Waals surface area (Å²) in [4.78, 5) is 2.59. The molecule has 0 spiro atoms. The van der Waals surface area contributed by atoms with Crippen molar-refractivity contribution >= 4 is 0 Å². The Kier molecular flexibility index (Phi) is 4.67. The highest BCUT2D eigenvalue weighted by atomic mass is 15.2. The molecule has 0 aromatic carbocycles. The molecule has 0 aromatic heterocycles. The lowest BCUT2D eigenvalue weighted by molar-refractivity contribution is 0.209. The average Bonchev–Trinajstić information content (AvgIpc) is 2.44. The molecule has 0 amide bonds. The summed E-state index contributed by atoms with van der Waals surface area (Å²) >= 11 is 0. The molecule has 0 aromatic rings. The lowest BCUT2D eigenvalue weighted by Crippen LogP contribution is -2.36. The van der Waals surface area contributed by atoms with Crippen LogP contribution in [0.1, 0.15) is 52.9 Å². The minimum Gasteiger partial charge on any atom is -0.300 e. The van der Waals surface area contributed by atoms with Gasteiger partial charge in [-0.05, 0) is 39.2 Å². The first kappa shape index (κ1) is 11.8. The molecule has 1 nitrogen and oxygen atoms in total. The topological polar surface area (TPSA) is 3.24 Å². The van der Waals surface area contributed by atoms with Gasteiger partial charge in [-0.1, -0.05) is 32.4 Å². The third-order valence-corrected chi connectivity index (χ3v) is 3.47. The van der Waals surface area contributed by atoms with Crippen molar-refractivity contribution in [2.24, 2.45) is 0 Å². The Morgan fingerprint density at radius 2 is 1.71 bits per heavy atom. The van der Waals surface area contributed by atoms with E-state index in [1.807, 2.05) is 13.8 Å². The van der Waals surface area contributed by atoms with Gasteiger partial charge < -0.3 is 0 Å². The first-order valence-electron chi connectivity index (χ1n) is 6.21. The van der Waals surface area contributed by atoms with Gasteiger partial charge >= 0.3 is 0 Å². The molecule has 0 N–H and O–H groups in total. The summed E-state index contributed by atoms with van der Waals surface area (Å²) in [5.74, 6) is 0. The summed E-state index contributed by atoms with van der Waals surface area (Å²) in [5.41, 5.74) is 1.73. The van der Waals surface area contributed by atoms with E-state index in [1.54, 1.807) is 5.57 Å². The van der Waals surface area contributed by atoms with Crippen LogP contribution in [0, 0.1) is 0 Å². The molecule has 14 heavy (non-hydrogen) atoms. The van der Waals surface area contributed by atoms with Crippen LogP contribution >= 0.6 is 0 Å². The van der Waals surface area contributed by atoms with Crippen LogP contribution in [0.4, 0.5) is 0 Å². The van der Waals surface area contributed by atoms with Gasteiger partial charge in [0.2, 0.25) is 0 Å². The van der Waals surface area contributed by atoms with E-state index in [1.165, 1.54) is 32.1 Å². The van der Waals surface area contributed by atoms with E-state index >= 15 is 0 Å². The normalized spacial score (nSPS) is 31.0. The summed E-state index contributed by atoms with van der Waals surface area (Å²) in [6.45, 7) is 6.24. The lowest BCUT2D eigenvalue weighted by atomic mass is 9.97. The van der Waals surface area contributed by atoms with Crippen LogP contribution in [0.15, 0.2) is 11.6 Å². The summed E-state index contributed by atoms with van der Waals surface area (Å²) in [7, 11) is 2.30. The van der Waals surface area contributed by atoms with Gasteiger partial charge in [0.15, 0.2) is 0 Å². The van der Waals surface area contributed by atoms with Gasteiger partial charge in [0.05, 0.1) is 0 Å². The summed E-state index contributed by atoms with van der Waals surface area (Å²) in [5, 5.41) is 0. The SMILES string of the molecule is CC.CCC=C1CC2CCC(C1)N2C. The second-order valence-electron chi connectivity index (χ2n) is 4.23. The molecule has 2 atom stereocenters. The van der Waals surface area contributed by atoms with Gasteiger partial charge in [0.1, 0.15) is 0 Å². The maximum absolute atomic E-state index is 2.59. The zero-order valence-electron chi connectivity index (χ0n) is 10.2. The minimum atomic E-state index is 0.876. The monoisotopic (exact) mass is 195 g/mol. The predicted octanol–water partition coefficient (Wildman–Crippen LogP) is 3.61. The van der Waals surface area contributed by atoms with E-state index in [0.717, 1.165) is 12.1 Å². The summed E-state index contributed by atoms with van der Waals surface area (Å²) < 4.78 is 0. The third kappa shape index (κ3) is 2.38. The van der Waals surface area contributed by atoms with Crippen molar-refractivity contribution in [2.75, 3.05) is 7.05 Å². The summed E-state index contributed by atoms with van der Waals surface area (Å²) in [6.07, 6.45) is 9.23. The molecule has 2 aliphatic heterocycles. The van der Waals surface area contributed by atoms with E-state index in [4.69, 9.17) is 0 Å². The third-order valence-electron chi connectivity index (χ3n) is 3.47. The van der Waals surface area contributed by atoms with Crippen molar-refractivity contribution in [3.63, 3.8) is 0 Å². The van der Waals surface area contributed by atoms with Gasteiger partial charge in [-0.3, -0.25) is 4.90 Å². The largest absolute Gasteiger partial charge is 0.300 e. The Hall–Kier alpha value is -0.300. The standard InChI is InChI=1S/C11H19N.C2H6/c1-3-4-9-7-10-5-6-11(8-9)12(10)2;1-2/h4,10-11H,3,5-8H2,1-2H3;1-2H3. The van der Waals surface area contributed by atoms with Gasteiger partial charge in [-0.15, -0.1) is 0 Å². The van der Waals surface area contributed by atoms with Crippen molar-refractivity contribution in [1.82, 2.24) is 4.90 Å². The van der Waals surface area contributed by atoms with Crippen LogP contribution in [-0.4, -0.2) is 24.0 Å². The van der Waals surface area contributed by atoms with Crippen LogP contribution in [0.5, 0.6) is 0 Å². The smallest absolute Gasteiger partial charge is 0.0133 e. The number of rotatable bonds is 1. The van der Waals surface area contributed by atoms with Crippen LogP contribution in [0.2, 0.25) is 0 Å². The van der Waals surface area contributed by atoms with Crippen LogP contribution < -0.4 is 0 Å². The molecule has 2 fully saturated rings. The van der Waals surface area contributed by atoms with Gasteiger partial charge in [-0.2, -0.15) is 0 Å². The van der Waals surface area contributed by atoms with Gasteiger partial charge in [0, 0.05) is 12.1 Å². The molecule has 0 saturated carbocycles. The molecular formula is C13H25N. The maximum Gasteiger partial charge on any atom is 0.0133 e. The molecule has 2 heterocycles. The Balaban J connectivity index is 0.000000461. The molecular weight excluding hydrogens is 170 g/mol. The fraction of sp³-hybridized carbons (Fsp3) is 0.846. The first-order valence-corrected chi connectivity index (χ1v) is 6.21. The highest BCUT2D eigenvalue weighted by Crippen LogP contribution is 2.36. The van der Waals surface area contributed by atoms with E-state index in [-0.39, 0.29) is 0 Å². The van der Waals surface area contributed by atoms with Crippen LogP contribution in [0.25, 0.3) is 0 Å². The van der Waals surface area contributed by atoms with Crippen molar-refractivity contribution in [2.45, 2.75) is 65.0 Å².